The van der Waals surface area contributed by atoms with Crippen LogP contribution in [0.15, 0.2) is 24.3 Å². The molecule has 0 aromatic heterocycles. The Morgan fingerprint density at radius 2 is 2.05 bits per heavy atom. The van der Waals surface area contributed by atoms with Crippen molar-refractivity contribution in [3.05, 3.63) is 29.8 Å². The summed E-state index contributed by atoms with van der Waals surface area (Å²) in [7, 11) is 0. The van der Waals surface area contributed by atoms with Crippen molar-refractivity contribution < 1.29 is 27.4 Å². The fourth-order valence-corrected chi connectivity index (χ4v) is 1.27. The molecule has 0 spiro atoms. The van der Waals surface area contributed by atoms with E-state index in [1.165, 1.54) is 12.1 Å². The molecule has 0 heterocycles. The zero-order valence-corrected chi connectivity index (χ0v) is 10.8. The van der Waals surface area contributed by atoms with Crippen LogP contribution in [0.5, 0.6) is 5.75 Å². The first-order valence-electron chi connectivity index (χ1n) is 5.11. The van der Waals surface area contributed by atoms with Gasteiger partial charge in [0.05, 0.1) is 6.61 Å². The summed E-state index contributed by atoms with van der Waals surface area (Å²) in [5, 5.41) is 0. The number of hydrogen-bond acceptors (Lipinski definition) is 4. The molecule has 0 aliphatic carbocycles. The van der Waals surface area contributed by atoms with Crippen LogP contribution < -0.4 is 10.5 Å². The lowest BCUT2D eigenvalue weighted by Gasteiger charge is -2.13. The molecule has 1 aromatic rings. The fraction of sp³-hybridized carbons (Fsp3) is 0.364. The number of esters is 1. The number of ether oxygens (including phenoxy) is 2. The summed E-state index contributed by atoms with van der Waals surface area (Å²) in [6.45, 7) is 1.75. The van der Waals surface area contributed by atoms with Crippen LogP contribution in [0.2, 0.25) is 0 Å². The van der Waals surface area contributed by atoms with Crippen LogP contribution in [0, 0.1) is 0 Å². The minimum atomic E-state index is -4.79. The van der Waals surface area contributed by atoms with E-state index in [-0.39, 0.29) is 24.6 Å². The third-order valence-electron chi connectivity index (χ3n) is 1.99. The van der Waals surface area contributed by atoms with Gasteiger partial charge in [0.2, 0.25) is 0 Å². The van der Waals surface area contributed by atoms with E-state index in [4.69, 9.17) is 5.73 Å². The predicted molar refractivity (Wildman–Crippen MR) is 63.9 cm³/mol. The molecule has 1 rings (SSSR count). The van der Waals surface area contributed by atoms with E-state index < -0.39 is 24.1 Å². The highest BCUT2D eigenvalue weighted by atomic mass is 35.5. The highest BCUT2D eigenvalue weighted by Gasteiger charge is 2.31. The summed E-state index contributed by atoms with van der Waals surface area (Å²) < 4.78 is 44.4. The van der Waals surface area contributed by atoms with Crippen molar-refractivity contribution >= 4 is 18.4 Å². The number of alkyl halides is 3. The summed E-state index contributed by atoms with van der Waals surface area (Å²) >= 11 is 0. The Hall–Kier alpha value is -1.47. The van der Waals surface area contributed by atoms with Crippen molar-refractivity contribution in [2.45, 2.75) is 19.3 Å². The molecule has 0 radical (unpaired) electrons. The van der Waals surface area contributed by atoms with Gasteiger partial charge >= 0.3 is 12.3 Å². The molecular formula is C11H13ClF3NO3. The van der Waals surface area contributed by atoms with E-state index >= 15 is 0 Å². The lowest BCUT2D eigenvalue weighted by molar-refractivity contribution is -0.274. The maximum absolute atomic E-state index is 12.0. The molecule has 0 fully saturated rings. The Labute approximate surface area is 114 Å². The van der Waals surface area contributed by atoms with Gasteiger partial charge in [0, 0.05) is 0 Å². The maximum Gasteiger partial charge on any atom is 0.573 e. The number of nitrogens with two attached hydrogens (primary N) is 1. The van der Waals surface area contributed by atoms with Crippen molar-refractivity contribution in [3.8, 4) is 5.75 Å². The van der Waals surface area contributed by atoms with Gasteiger partial charge in [-0.15, -0.1) is 25.6 Å². The summed E-state index contributed by atoms with van der Waals surface area (Å²) in [6.07, 6.45) is -4.79. The number of carbonyl (C=O) groups excluding carboxylic acids is 1. The van der Waals surface area contributed by atoms with Crippen LogP contribution in [0.3, 0.4) is 0 Å². The van der Waals surface area contributed by atoms with Gasteiger partial charge in [-0.2, -0.15) is 0 Å². The second kappa shape index (κ2) is 7.20. The summed E-state index contributed by atoms with van der Waals surface area (Å²) in [4.78, 5) is 11.3. The van der Waals surface area contributed by atoms with Crippen molar-refractivity contribution in [2.75, 3.05) is 6.61 Å². The first kappa shape index (κ1) is 17.5. The van der Waals surface area contributed by atoms with Gasteiger partial charge in [-0.05, 0) is 24.6 Å². The summed E-state index contributed by atoms with van der Waals surface area (Å²) in [5.41, 5.74) is 5.74. The molecule has 0 bridgehead atoms. The molecule has 1 atom stereocenters. The molecule has 1 aromatic carbocycles. The van der Waals surface area contributed by atoms with Gasteiger partial charge in [0.15, 0.2) is 0 Å². The predicted octanol–water partition coefficient (Wildman–Crippen LogP) is 2.57. The van der Waals surface area contributed by atoms with E-state index in [1.54, 1.807) is 6.92 Å². The van der Waals surface area contributed by atoms with E-state index in [9.17, 15) is 18.0 Å². The van der Waals surface area contributed by atoms with Crippen LogP contribution in [0.25, 0.3) is 0 Å². The average Bonchev–Trinajstić information content (AvgIpc) is 2.26. The molecule has 0 amide bonds. The quantitative estimate of drug-likeness (QED) is 0.868. The van der Waals surface area contributed by atoms with Crippen LogP contribution in [0.4, 0.5) is 13.2 Å². The van der Waals surface area contributed by atoms with Crippen molar-refractivity contribution in [1.82, 2.24) is 0 Å². The minimum absolute atomic E-state index is 0. The van der Waals surface area contributed by atoms with Crippen molar-refractivity contribution in [3.63, 3.8) is 0 Å². The Bertz CT molecular complexity index is 426. The topological polar surface area (TPSA) is 61.5 Å². The fourth-order valence-electron chi connectivity index (χ4n) is 1.27. The van der Waals surface area contributed by atoms with Gasteiger partial charge in [-0.3, -0.25) is 0 Å². The maximum atomic E-state index is 12.0. The first-order valence-corrected chi connectivity index (χ1v) is 5.11. The molecule has 8 heteroatoms. The number of hydrogen-bond donors (Lipinski definition) is 1. The number of benzene rings is 1. The average molecular weight is 300 g/mol. The van der Waals surface area contributed by atoms with E-state index in [0.717, 1.165) is 12.1 Å². The standard InChI is InChI=1S/C11H12F3NO3.ClH/c1-2-17-10(16)9(15)7-4-3-5-8(6-7)18-11(12,13)14;/h3-6,9H,2,15H2,1H3;1H/t9-;/m1./s1. The normalized spacial score (nSPS) is 12.3. The van der Waals surface area contributed by atoms with Gasteiger partial charge in [0.25, 0.3) is 0 Å². The number of halogens is 4. The zero-order chi connectivity index (χ0) is 13.8. The number of carbonyl (C=O) groups is 1. The third-order valence-corrected chi connectivity index (χ3v) is 1.99. The lowest BCUT2D eigenvalue weighted by Crippen LogP contribution is -2.24. The largest absolute Gasteiger partial charge is 0.573 e. The lowest BCUT2D eigenvalue weighted by atomic mass is 10.1. The molecule has 0 aliphatic heterocycles. The molecule has 19 heavy (non-hydrogen) atoms. The Kier molecular flexibility index (Phi) is 6.64. The van der Waals surface area contributed by atoms with Crippen molar-refractivity contribution in [1.29, 1.82) is 0 Å². The van der Waals surface area contributed by atoms with E-state index in [2.05, 4.69) is 9.47 Å². The van der Waals surface area contributed by atoms with Crippen LogP contribution in [0.1, 0.15) is 18.5 Å². The van der Waals surface area contributed by atoms with Crippen LogP contribution in [-0.4, -0.2) is 18.9 Å². The van der Waals surface area contributed by atoms with E-state index in [0.29, 0.717) is 0 Å². The SMILES string of the molecule is CCOC(=O)[C@H](N)c1cccc(OC(F)(F)F)c1.Cl. The van der Waals surface area contributed by atoms with Gasteiger partial charge in [-0.1, -0.05) is 12.1 Å². The van der Waals surface area contributed by atoms with E-state index in [1.807, 2.05) is 0 Å². The molecule has 0 saturated heterocycles. The molecule has 108 valence electrons. The molecule has 4 nitrogen and oxygen atoms in total. The molecule has 0 unspecified atom stereocenters. The highest BCUT2D eigenvalue weighted by molar-refractivity contribution is 5.85. The Morgan fingerprint density at radius 3 is 2.58 bits per heavy atom. The van der Waals surface area contributed by atoms with Crippen molar-refractivity contribution in [2.24, 2.45) is 5.73 Å². The van der Waals surface area contributed by atoms with Gasteiger partial charge in [0.1, 0.15) is 11.8 Å². The molecular weight excluding hydrogens is 287 g/mol. The monoisotopic (exact) mass is 299 g/mol. The highest BCUT2D eigenvalue weighted by Crippen LogP contribution is 2.25. The second-order valence-corrected chi connectivity index (χ2v) is 3.35. The zero-order valence-electron chi connectivity index (χ0n) is 9.94. The molecule has 0 aliphatic rings. The first-order chi connectivity index (χ1) is 8.33. The molecule has 0 saturated carbocycles. The Morgan fingerprint density at radius 1 is 1.42 bits per heavy atom. The van der Waals surface area contributed by atoms with Crippen LogP contribution >= 0.6 is 12.4 Å². The second-order valence-electron chi connectivity index (χ2n) is 3.35. The smallest absolute Gasteiger partial charge is 0.465 e. The van der Waals surface area contributed by atoms with Gasteiger partial charge < -0.3 is 15.2 Å². The third kappa shape index (κ3) is 5.80. The number of rotatable bonds is 4. The summed E-state index contributed by atoms with van der Waals surface area (Å²) in [6, 6.07) is 3.77. The van der Waals surface area contributed by atoms with Crippen LogP contribution in [-0.2, 0) is 9.53 Å². The molecule has 2 N–H and O–H groups in total. The Balaban J connectivity index is 0.00000324. The minimum Gasteiger partial charge on any atom is -0.465 e. The van der Waals surface area contributed by atoms with Gasteiger partial charge in [-0.25, -0.2) is 4.79 Å². The summed E-state index contributed by atoms with van der Waals surface area (Å²) in [5.74, 6) is -1.14.